The van der Waals surface area contributed by atoms with Gasteiger partial charge in [0, 0.05) is 169 Å². The Bertz CT molecular complexity index is 5690. The third-order valence-corrected chi connectivity index (χ3v) is 23.5. The highest BCUT2D eigenvalue weighted by molar-refractivity contribution is 6.26. The fourth-order valence-electron chi connectivity index (χ4n) is 17.3. The van der Waals surface area contributed by atoms with Crippen LogP contribution >= 0.6 is 0 Å². The first kappa shape index (κ1) is 98.1. The molecule has 3 fully saturated rings. The molecule has 3 aliphatic rings. The van der Waals surface area contributed by atoms with E-state index in [1.807, 2.05) is 127 Å². The van der Waals surface area contributed by atoms with Crippen LogP contribution in [0.3, 0.4) is 0 Å². The van der Waals surface area contributed by atoms with Crippen molar-refractivity contribution in [3.8, 4) is 0 Å². The fourth-order valence-corrected chi connectivity index (χ4v) is 17.3. The number of carbonyl (C=O) groups is 7. The van der Waals surface area contributed by atoms with Gasteiger partial charge in [0.2, 0.25) is 5.91 Å². The van der Waals surface area contributed by atoms with Gasteiger partial charge in [0.15, 0.2) is 6.29 Å². The molecule has 3 heterocycles. The molecule has 3 saturated heterocycles. The zero-order chi connectivity index (χ0) is 93.5. The van der Waals surface area contributed by atoms with Crippen LogP contribution in [-0.4, -0.2) is 254 Å². The van der Waals surface area contributed by atoms with Crippen molar-refractivity contribution in [3.63, 3.8) is 0 Å². The molecule has 23 heteroatoms. The van der Waals surface area contributed by atoms with Crippen LogP contribution in [0.5, 0.6) is 0 Å². The van der Waals surface area contributed by atoms with Crippen LogP contribution in [0, 0.1) is 5.41 Å². The van der Waals surface area contributed by atoms with Crippen molar-refractivity contribution in [3.05, 3.63) is 180 Å². The van der Waals surface area contributed by atoms with Crippen LogP contribution < -0.4 is 16.0 Å². The van der Waals surface area contributed by atoms with Gasteiger partial charge in [-0.15, -0.1) is 0 Å². The molecular weight excluding hydrogens is 1630 g/mol. The largest absolute Gasteiger partial charge is 0.444 e. The monoisotopic (exact) mass is 1770 g/mol. The smallest absolute Gasteiger partial charge is 0.410 e. The summed E-state index contributed by atoms with van der Waals surface area (Å²) in [6, 6.07) is 58.6. The predicted molar refractivity (Wildman–Crippen MR) is 529 cm³/mol. The average molecular weight is 1770 g/mol. The molecule has 130 heavy (non-hydrogen) atoms. The lowest BCUT2D eigenvalue weighted by molar-refractivity contribution is -0.133. The zero-order valence-electron chi connectivity index (χ0n) is 80.4. The van der Waals surface area contributed by atoms with E-state index < -0.39 is 52.4 Å². The van der Waals surface area contributed by atoms with E-state index in [-0.39, 0.29) is 43.6 Å². The summed E-state index contributed by atoms with van der Waals surface area (Å²) in [4.78, 5) is 105. The molecule has 0 aromatic heterocycles. The molecule has 3 N–H and O–H groups in total. The molecule has 15 rings (SSSR count). The molecular formula is C107H141N11O12. The highest BCUT2D eigenvalue weighted by Crippen LogP contribution is 2.40. The average Bonchev–Trinajstić information content (AvgIpc) is 0.747. The number of nitrogens with zero attached hydrogens (tertiary/aromatic N) is 8. The van der Waals surface area contributed by atoms with E-state index in [0.717, 1.165) is 95.4 Å². The van der Waals surface area contributed by atoms with Gasteiger partial charge in [-0.25, -0.2) is 24.0 Å². The number of rotatable bonds is 6. The summed E-state index contributed by atoms with van der Waals surface area (Å²) in [7, 11) is 0. The van der Waals surface area contributed by atoms with Crippen molar-refractivity contribution in [2.24, 2.45) is 5.41 Å². The molecule has 12 aromatic carbocycles. The van der Waals surface area contributed by atoms with Crippen LogP contribution in [-0.2, 0) is 41.6 Å². The first-order chi connectivity index (χ1) is 61.6. The SMILES string of the molecule is CC(C)(C)CC(=O)N1CCCCCN(C(=O)OC(C)(C)C)CCN(C(=O)OC(C)(C)C)CC1.CC(C)(C)OC(=O)N1CCN(Cc2ccc3ccc4cccc5ccc2c3c45)CCN(C(=O)OC(C)(C)C)CCN(C(=O)OC(C)(C)C)CC1.O=Cc1ccc2ccc3cccc4ccc1c2c34.c1cc2ccc3ccc(CN4CCNCCNCCNCC4)c4ccc(c1)c2c34. The van der Waals surface area contributed by atoms with Gasteiger partial charge in [-0.05, 0) is 237 Å². The van der Waals surface area contributed by atoms with E-state index >= 15 is 0 Å². The fraction of sp³-hybridized carbons (Fsp3) is 0.486. The highest BCUT2D eigenvalue weighted by atomic mass is 16.6. The standard InChI is InChI=1S/C40H54N4O6.C25H30N4.C25H47N3O5.C17H10O/c1-38(2,3)48-35(45)42-21-19-41(27-31-16-15-30-14-13-28-11-10-12-29-17-18-32(31)34(30)33(28)29)20-22-43(36(46)49-39(4,5)6)24-26-44(25-23-42)37(47)50-40(7,8)9;1-2-19-4-5-21-6-7-22(23-9-8-20(3-1)24(19)25(21)23)18-29-16-14-27-12-10-26-11-13-28-15-17-29;1-23(2,3)19-20(29)26-13-11-10-12-14-27(21(30)32-24(4,5)6)17-18-28(16-15-26)22(31)33-25(7,8)9;18-10-14-7-6-13-5-4-11-2-1-3-12-8-9-15(14)17(13)16(11)12/h10-18H,19-27H2,1-9H3;1-9,26-28H,10-18H2;10-19H2,1-9H3;1-10H. The molecule has 0 radical (unpaired) electrons. The van der Waals surface area contributed by atoms with E-state index in [9.17, 15) is 33.6 Å². The molecule has 0 spiro atoms. The molecule has 696 valence electrons. The lowest BCUT2D eigenvalue weighted by Crippen LogP contribution is -2.51. The van der Waals surface area contributed by atoms with Gasteiger partial charge in [-0.3, -0.25) is 19.4 Å². The Morgan fingerprint density at radius 1 is 0.277 bits per heavy atom. The van der Waals surface area contributed by atoms with Gasteiger partial charge < -0.3 is 69.0 Å². The summed E-state index contributed by atoms with van der Waals surface area (Å²) in [5.74, 6) is 0.110. The summed E-state index contributed by atoms with van der Waals surface area (Å²) in [6.45, 7) is 49.0. The number of nitrogens with one attached hydrogen (secondary N) is 3. The van der Waals surface area contributed by atoms with Gasteiger partial charge in [0.25, 0.3) is 0 Å². The molecule has 0 bridgehead atoms. The molecule has 3 aliphatic heterocycles. The topological polar surface area (TPSA) is 228 Å². The molecule has 0 atom stereocenters. The number of ether oxygens (including phenoxy) is 5. The molecule has 0 aliphatic carbocycles. The Hall–Kier alpha value is -11.0. The van der Waals surface area contributed by atoms with Crippen LogP contribution in [0.1, 0.15) is 172 Å². The number of hydrogen-bond acceptors (Lipinski definition) is 17. The van der Waals surface area contributed by atoms with Gasteiger partial charge in [0.05, 0.1) is 0 Å². The minimum Gasteiger partial charge on any atom is -0.444 e. The second-order valence-corrected chi connectivity index (χ2v) is 41.1. The lowest BCUT2D eigenvalue weighted by atomic mass is 9.91. The van der Waals surface area contributed by atoms with Crippen LogP contribution in [0.4, 0.5) is 24.0 Å². The minimum absolute atomic E-state index is 0.0977. The predicted octanol–water partition coefficient (Wildman–Crippen LogP) is 20.6. The number of carbonyl (C=O) groups excluding carboxylic acids is 7. The van der Waals surface area contributed by atoms with Crippen molar-refractivity contribution in [1.29, 1.82) is 0 Å². The van der Waals surface area contributed by atoms with Crippen molar-refractivity contribution in [2.45, 2.75) is 191 Å². The third kappa shape index (κ3) is 27.4. The summed E-state index contributed by atoms with van der Waals surface area (Å²) in [6.07, 6.45) is 1.80. The van der Waals surface area contributed by atoms with Gasteiger partial charge in [0.1, 0.15) is 28.0 Å². The van der Waals surface area contributed by atoms with Crippen molar-refractivity contribution in [1.82, 2.24) is 55.1 Å². The molecule has 12 aromatic rings. The highest BCUT2D eigenvalue weighted by Gasteiger charge is 2.33. The maximum Gasteiger partial charge on any atom is 0.410 e. The maximum absolute atomic E-state index is 13.5. The summed E-state index contributed by atoms with van der Waals surface area (Å²) in [5, 5.41) is 33.4. The van der Waals surface area contributed by atoms with Crippen molar-refractivity contribution in [2.75, 3.05) is 144 Å². The Balaban J connectivity index is 0.000000166. The Morgan fingerprint density at radius 2 is 0.531 bits per heavy atom. The molecule has 0 saturated carbocycles. The Morgan fingerprint density at radius 3 is 0.854 bits per heavy atom. The number of benzene rings is 12. The summed E-state index contributed by atoms with van der Waals surface area (Å²) in [5.41, 5.74) is -0.00644. The van der Waals surface area contributed by atoms with E-state index in [1.165, 1.54) is 103 Å². The molecule has 23 nitrogen and oxygen atoms in total. The maximum atomic E-state index is 13.5. The Labute approximate surface area is 769 Å². The van der Waals surface area contributed by atoms with Crippen LogP contribution in [0.15, 0.2) is 164 Å². The quantitative estimate of drug-likeness (QED) is 0.0799. The lowest BCUT2D eigenvalue weighted by Gasteiger charge is -2.36. The Kier molecular flexibility index (Phi) is 32.4. The van der Waals surface area contributed by atoms with Gasteiger partial charge in [-0.1, -0.05) is 185 Å². The van der Waals surface area contributed by atoms with E-state index in [4.69, 9.17) is 23.7 Å². The van der Waals surface area contributed by atoms with Gasteiger partial charge in [-0.2, -0.15) is 0 Å². The molecule has 0 unspecified atom stereocenters. The van der Waals surface area contributed by atoms with E-state index in [2.05, 4.69) is 192 Å². The van der Waals surface area contributed by atoms with Crippen LogP contribution in [0.2, 0.25) is 0 Å². The second-order valence-electron chi connectivity index (χ2n) is 41.1. The number of aldehydes is 1. The number of hydrogen-bond donors (Lipinski definition) is 3. The number of amides is 6. The van der Waals surface area contributed by atoms with Crippen molar-refractivity contribution < 1.29 is 57.2 Å². The normalized spacial score (nSPS) is 16.4. The summed E-state index contributed by atoms with van der Waals surface area (Å²) < 4.78 is 28.5. The third-order valence-electron chi connectivity index (χ3n) is 23.5. The first-order valence-corrected chi connectivity index (χ1v) is 46.8. The van der Waals surface area contributed by atoms with E-state index in [0.29, 0.717) is 78.4 Å². The van der Waals surface area contributed by atoms with Crippen LogP contribution in [0.25, 0.3) is 97.0 Å². The van der Waals surface area contributed by atoms with Gasteiger partial charge >= 0.3 is 30.5 Å². The minimum atomic E-state index is -0.706. The van der Waals surface area contributed by atoms with E-state index in [1.54, 1.807) is 24.5 Å². The van der Waals surface area contributed by atoms with Crippen molar-refractivity contribution >= 4 is 140 Å². The molecule has 6 amide bonds. The summed E-state index contributed by atoms with van der Waals surface area (Å²) >= 11 is 0. The second kappa shape index (κ2) is 43.0. The first-order valence-electron chi connectivity index (χ1n) is 46.8. The zero-order valence-corrected chi connectivity index (χ0v) is 80.4.